The number of nitrogens with one attached hydrogen (secondary N) is 1. The highest BCUT2D eigenvalue weighted by Gasteiger charge is 2.23. The molecule has 112 valence electrons. The third kappa shape index (κ3) is 3.06. The summed E-state index contributed by atoms with van der Waals surface area (Å²) in [7, 11) is 0. The van der Waals surface area contributed by atoms with Gasteiger partial charge < -0.3 is 10.1 Å². The number of benzene rings is 2. The van der Waals surface area contributed by atoms with E-state index in [1.807, 2.05) is 12.1 Å². The Morgan fingerprint density at radius 3 is 2.23 bits per heavy atom. The van der Waals surface area contributed by atoms with E-state index in [1.165, 1.54) is 35.4 Å². The molecule has 6 nitrogen and oxygen atoms in total. The molecule has 0 saturated carbocycles. The zero-order valence-corrected chi connectivity index (χ0v) is 11.7. The van der Waals surface area contributed by atoms with E-state index < -0.39 is 11.0 Å². The normalized spacial score (nSPS) is 13.5. The van der Waals surface area contributed by atoms with Crippen LogP contribution in [0.15, 0.2) is 48.5 Å². The van der Waals surface area contributed by atoms with Gasteiger partial charge in [-0.25, -0.2) is 4.79 Å². The minimum Gasteiger partial charge on any atom is -0.410 e. The fraction of sp³-hybridized carbons (Fsp3) is 0.188. The lowest BCUT2D eigenvalue weighted by Gasteiger charge is -2.12. The summed E-state index contributed by atoms with van der Waals surface area (Å²) in [6, 6.07) is 13.5. The molecule has 0 spiro atoms. The Hall–Kier alpha value is -2.89. The van der Waals surface area contributed by atoms with Crippen molar-refractivity contribution in [2.24, 2.45) is 0 Å². The molecule has 1 N–H and O–H groups in total. The van der Waals surface area contributed by atoms with Gasteiger partial charge in [0.2, 0.25) is 0 Å². The first-order valence-corrected chi connectivity index (χ1v) is 6.91. The van der Waals surface area contributed by atoms with Crippen molar-refractivity contribution in [2.75, 3.05) is 0 Å². The highest BCUT2D eigenvalue weighted by Crippen LogP contribution is 2.22. The Morgan fingerprint density at radius 2 is 1.68 bits per heavy atom. The van der Waals surface area contributed by atoms with Gasteiger partial charge in [-0.15, -0.1) is 0 Å². The second-order valence-corrected chi connectivity index (χ2v) is 5.16. The van der Waals surface area contributed by atoms with Crippen LogP contribution >= 0.6 is 0 Å². The molecular weight excluding hydrogens is 284 g/mol. The molecule has 0 atom stereocenters. The topological polar surface area (TPSA) is 81.5 Å². The molecule has 0 unspecified atom stereocenters. The van der Waals surface area contributed by atoms with Crippen molar-refractivity contribution >= 4 is 11.8 Å². The monoisotopic (exact) mass is 298 g/mol. The van der Waals surface area contributed by atoms with Gasteiger partial charge in [0.05, 0.1) is 4.92 Å². The van der Waals surface area contributed by atoms with Crippen LogP contribution in [0, 0.1) is 10.1 Å². The molecular formula is C16H14N2O4. The van der Waals surface area contributed by atoms with Crippen LogP contribution in [0.5, 0.6) is 5.75 Å². The van der Waals surface area contributed by atoms with Crippen LogP contribution in [0.2, 0.25) is 0 Å². The fourth-order valence-corrected chi connectivity index (χ4v) is 2.60. The number of fused-ring (bicyclic) bond motifs is 1. The average molecular weight is 298 g/mol. The number of hydrogen-bond acceptors (Lipinski definition) is 4. The number of amides is 1. The molecule has 2 aromatic rings. The van der Waals surface area contributed by atoms with Crippen molar-refractivity contribution < 1.29 is 14.5 Å². The quantitative estimate of drug-likeness (QED) is 0.698. The summed E-state index contributed by atoms with van der Waals surface area (Å²) in [4.78, 5) is 21.9. The molecule has 3 rings (SSSR count). The first-order valence-electron chi connectivity index (χ1n) is 6.91. The molecule has 1 amide bonds. The molecule has 1 aliphatic carbocycles. The molecule has 1 aliphatic rings. The van der Waals surface area contributed by atoms with Gasteiger partial charge in [-0.1, -0.05) is 24.3 Å². The Bertz CT molecular complexity index is 687. The number of non-ortho nitro benzene ring substituents is 1. The molecule has 0 saturated heterocycles. The highest BCUT2D eigenvalue weighted by molar-refractivity contribution is 5.71. The van der Waals surface area contributed by atoms with Crippen molar-refractivity contribution in [3.05, 3.63) is 69.8 Å². The summed E-state index contributed by atoms with van der Waals surface area (Å²) in [6.07, 6.45) is 1.02. The predicted molar refractivity (Wildman–Crippen MR) is 79.9 cm³/mol. The number of carbonyl (C=O) groups is 1. The van der Waals surface area contributed by atoms with Gasteiger partial charge in [-0.05, 0) is 36.1 Å². The molecule has 0 fully saturated rings. The van der Waals surface area contributed by atoms with Crippen LogP contribution in [0.1, 0.15) is 11.1 Å². The Labute approximate surface area is 126 Å². The zero-order chi connectivity index (χ0) is 15.5. The van der Waals surface area contributed by atoms with Gasteiger partial charge in [0.25, 0.3) is 5.69 Å². The van der Waals surface area contributed by atoms with Crippen molar-refractivity contribution in [3.8, 4) is 5.75 Å². The minimum absolute atomic E-state index is 0.0166. The van der Waals surface area contributed by atoms with E-state index in [0.29, 0.717) is 0 Å². The van der Waals surface area contributed by atoms with Crippen molar-refractivity contribution in [1.82, 2.24) is 5.32 Å². The van der Waals surface area contributed by atoms with E-state index in [0.717, 1.165) is 12.8 Å². The summed E-state index contributed by atoms with van der Waals surface area (Å²) in [5, 5.41) is 13.4. The number of carbonyl (C=O) groups excluding carboxylic acids is 1. The SMILES string of the molecule is O=C(NC1Cc2ccccc2C1)Oc1ccc([N+](=O)[O-])cc1. The second kappa shape index (κ2) is 5.85. The lowest BCUT2D eigenvalue weighted by atomic mass is 10.1. The molecule has 0 bridgehead atoms. The van der Waals surface area contributed by atoms with Crippen molar-refractivity contribution in [2.45, 2.75) is 18.9 Å². The molecule has 0 heterocycles. The summed E-state index contributed by atoms with van der Waals surface area (Å²) < 4.78 is 5.14. The van der Waals surface area contributed by atoms with E-state index in [-0.39, 0.29) is 17.5 Å². The highest BCUT2D eigenvalue weighted by atomic mass is 16.6. The van der Waals surface area contributed by atoms with Crippen molar-refractivity contribution in [3.63, 3.8) is 0 Å². The number of hydrogen-bond donors (Lipinski definition) is 1. The van der Waals surface area contributed by atoms with Gasteiger partial charge in [0, 0.05) is 18.2 Å². The first-order chi connectivity index (χ1) is 10.6. The molecule has 0 aromatic heterocycles. The molecule has 2 aromatic carbocycles. The molecule has 22 heavy (non-hydrogen) atoms. The smallest absolute Gasteiger partial charge is 0.410 e. The summed E-state index contributed by atoms with van der Waals surface area (Å²) in [5.41, 5.74) is 2.44. The van der Waals surface area contributed by atoms with E-state index in [4.69, 9.17) is 4.74 Å². The van der Waals surface area contributed by atoms with Crippen LogP contribution in [-0.2, 0) is 12.8 Å². The average Bonchev–Trinajstić information content (AvgIpc) is 2.89. The summed E-state index contributed by atoms with van der Waals surface area (Å²) in [5.74, 6) is 0.276. The van der Waals surface area contributed by atoms with E-state index >= 15 is 0 Å². The van der Waals surface area contributed by atoms with Gasteiger partial charge in [0.1, 0.15) is 5.75 Å². The summed E-state index contributed by atoms with van der Waals surface area (Å²) >= 11 is 0. The lowest BCUT2D eigenvalue weighted by Crippen LogP contribution is -2.37. The fourth-order valence-electron chi connectivity index (χ4n) is 2.60. The Kier molecular flexibility index (Phi) is 3.74. The third-order valence-electron chi connectivity index (χ3n) is 3.63. The molecule has 0 radical (unpaired) electrons. The number of nitro benzene ring substituents is 1. The second-order valence-electron chi connectivity index (χ2n) is 5.16. The third-order valence-corrected chi connectivity index (χ3v) is 3.63. The van der Waals surface area contributed by atoms with Crippen LogP contribution in [0.3, 0.4) is 0 Å². The van der Waals surface area contributed by atoms with Crippen LogP contribution in [0.25, 0.3) is 0 Å². The maximum absolute atomic E-state index is 11.9. The largest absolute Gasteiger partial charge is 0.412 e. The van der Waals surface area contributed by atoms with Gasteiger partial charge in [-0.2, -0.15) is 0 Å². The van der Waals surface area contributed by atoms with Crippen LogP contribution in [-0.4, -0.2) is 17.1 Å². The Morgan fingerprint density at radius 1 is 1.09 bits per heavy atom. The maximum atomic E-state index is 11.9. The molecule has 6 heteroatoms. The molecule has 0 aliphatic heterocycles. The van der Waals surface area contributed by atoms with Crippen LogP contribution < -0.4 is 10.1 Å². The van der Waals surface area contributed by atoms with Gasteiger partial charge in [0.15, 0.2) is 0 Å². The minimum atomic E-state index is -0.549. The van der Waals surface area contributed by atoms with E-state index in [9.17, 15) is 14.9 Å². The number of nitrogens with zero attached hydrogens (tertiary/aromatic N) is 1. The number of nitro groups is 1. The van der Waals surface area contributed by atoms with E-state index in [1.54, 1.807) is 0 Å². The van der Waals surface area contributed by atoms with Crippen molar-refractivity contribution in [1.29, 1.82) is 0 Å². The first kappa shape index (κ1) is 14.1. The number of rotatable bonds is 3. The number of ether oxygens (including phenoxy) is 1. The van der Waals surface area contributed by atoms with E-state index in [2.05, 4.69) is 17.4 Å². The van der Waals surface area contributed by atoms with Crippen LogP contribution in [0.4, 0.5) is 10.5 Å². The van der Waals surface area contributed by atoms with Gasteiger partial charge >= 0.3 is 6.09 Å². The zero-order valence-electron chi connectivity index (χ0n) is 11.7. The summed E-state index contributed by atoms with van der Waals surface area (Å²) in [6.45, 7) is 0. The predicted octanol–water partition coefficient (Wildman–Crippen LogP) is 2.85. The standard InChI is InChI=1S/C16H14N2O4/c19-16(22-15-7-5-14(6-8-15)18(20)21)17-13-9-11-3-1-2-4-12(11)10-13/h1-8,13H,9-10H2,(H,17,19). The Balaban J connectivity index is 1.56. The maximum Gasteiger partial charge on any atom is 0.412 e. The van der Waals surface area contributed by atoms with Gasteiger partial charge in [-0.3, -0.25) is 10.1 Å². The lowest BCUT2D eigenvalue weighted by molar-refractivity contribution is -0.384.